The summed E-state index contributed by atoms with van der Waals surface area (Å²) in [6.07, 6.45) is 0.396. The largest absolute Gasteiger partial charge is 0.446 e. The Morgan fingerprint density at radius 1 is 1.12 bits per heavy atom. The van der Waals surface area contributed by atoms with Crippen molar-refractivity contribution >= 4 is 42.8 Å². The molecular formula is C34H42F2N4O7S2. The fourth-order valence-electron chi connectivity index (χ4n) is 7.44. The van der Waals surface area contributed by atoms with E-state index in [-0.39, 0.29) is 66.0 Å². The Bertz CT molecular complexity index is 1770. The molecule has 7 rings (SSSR count). The second kappa shape index (κ2) is 14.0. The first-order valence-corrected chi connectivity index (χ1v) is 19.2. The number of aliphatic hydroxyl groups excluding tert-OH is 1. The molecule has 2 saturated heterocycles. The van der Waals surface area contributed by atoms with Gasteiger partial charge in [0, 0.05) is 37.0 Å². The fraction of sp³-hybridized carbons (Fsp3) is 0.588. The van der Waals surface area contributed by atoms with E-state index in [0.29, 0.717) is 35.9 Å². The minimum absolute atomic E-state index is 0.0520. The van der Waals surface area contributed by atoms with Gasteiger partial charge in [-0.05, 0) is 79.8 Å². The number of amides is 1. The van der Waals surface area contributed by atoms with E-state index in [1.54, 1.807) is 12.1 Å². The van der Waals surface area contributed by atoms with Gasteiger partial charge in [0.25, 0.3) is 0 Å². The van der Waals surface area contributed by atoms with Crippen molar-refractivity contribution in [1.82, 2.24) is 14.6 Å². The smallest absolute Gasteiger partial charge is 0.407 e. The molecule has 11 nitrogen and oxygen atoms in total. The predicted molar refractivity (Wildman–Crippen MR) is 179 cm³/mol. The standard InChI is InChI=1S/C34H42F2N4O7S2/c1-18(2)15-40(49(43,44)24-5-6-26-30(14-24)48-33(38-26)37-23-3-4-23)16-28(41)27(11-19-9-21(35)13-22(36)10-19)39-34(42)47-29-12-20-17-46-32-31(20)25(29)7-8-45-32/h5-6,9-10,13-14,18,20,23,25,27-29,31-32,41H,3-4,7-8,11-12,15-17H2,1-2H3,(H,37,38)(H,39,42)/t20-,25?,27-,28+,29-,31+,32+/m0/s1. The number of thiazole rings is 1. The minimum atomic E-state index is -4.13. The van der Waals surface area contributed by atoms with E-state index in [1.807, 2.05) is 13.8 Å². The SMILES string of the molecule is CC(C)CN(C[C@@H](O)[C@H](Cc1cc(F)cc(F)c1)NC(=O)O[C@H]1C[C@H]2CO[C@H]3OCCC1[C@@H]23)S(=O)(=O)c1ccc2nc(NC3CC3)sc2c1. The number of fused-ring (bicyclic) bond motifs is 1. The number of benzene rings is 2. The number of carbonyl (C=O) groups excluding carboxylic acids is 1. The highest BCUT2D eigenvalue weighted by Crippen LogP contribution is 2.50. The third-order valence-electron chi connectivity index (χ3n) is 9.84. The molecule has 4 aliphatic rings. The number of aromatic nitrogens is 1. The number of halogens is 2. The first kappa shape index (κ1) is 34.5. The number of rotatable bonds is 13. The van der Waals surface area contributed by atoms with Crippen molar-refractivity contribution in [3.63, 3.8) is 0 Å². The Morgan fingerprint density at radius 3 is 2.63 bits per heavy atom. The van der Waals surface area contributed by atoms with Gasteiger partial charge in [0.2, 0.25) is 10.0 Å². The molecule has 1 amide bonds. The van der Waals surface area contributed by atoms with Crippen LogP contribution in [0.25, 0.3) is 10.2 Å². The molecule has 1 unspecified atom stereocenters. The summed E-state index contributed by atoms with van der Waals surface area (Å²) in [5.41, 5.74) is 0.869. The van der Waals surface area contributed by atoms with Gasteiger partial charge < -0.3 is 30.0 Å². The summed E-state index contributed by atoms with van der Waals surface area (Å²) in [7, 11) is -4.13. The van der Waals surface area contributed by atoms with Gasteiger partial charge >= 0.3 is 6.09 Å². The highest BCUT2D eigenvalue weighted by atomic mass is 32.2. The van der Waals surface area contributed by atoms with E-state index in [4.69, 9.17) is 14.2 Å². The highest BCUT2D eigenvalue weighted by Gasteiger charge is 2.55. The van der Waals surface area contributed by atoms with Crippen LogP contribution in [0.15, 0.2) is 41.3 Å². The van der Waals surface area contributed by atoms with Gasteiger partial charge in [0.1, 0.15) is 17.7 Å². The maximum Gasteiger partial charge on any atom is 0.407 e. The summed E-state index contributed by atoms with van der Waals surface area (Å²) in [5.74, 6) is -1.30. The number of hydrogen-bond donors (Lipinski definition) is 3. The zero-order valence-electron chi connectivity index (χ0n) is 27.4. The molecular weight excluding hydrogens is 679 g/mol. The molecule has 0 spiro atoms. The lowest BCUT2D eigenvalue weighted by Gasteiger charge is -2.33. The molecule has 2 aromatic carbocycles. The Balaban J connectivity index is 1.10. The van der Waals surface area contributed by atoms with Gasteiger partial charge in [0.15, 0.2) is 11.4 Å². The van der Waals surface area contributed by atoms with Gasteiger partial charge in [-0.2, -0.15) is 4.31 Å². The molecule has 49 heavy (non-hydrogen) atoms. The maximum absolute atomic E-state index is 14.2. The van der Waals surface area contributed by atoms with Crippen LogP contribution in [0.3, 0.4) is 0 Å². The van der Waals surface area contributed by atoms with Crippen molar-refractivity contribution < 1.29 is 41.3 Å². The number of aliphatic hydroxyl groups is 1. The zero-order valence-corrected chi connectivity index (χ0v) is 29.0. The van der Waals surface area contributed by atoms with E-state index >= 15 is 0 Å². The Labute approximate surface area is 288 Å². The van der Waals surface area contributed by atoms with E-state index in [9.17, 15) is 27.1 Å². The van der Waals surface area contributed by atoms with Crippen molar-refractivity contribution in [2.75, 3.05) is 31.6 Å². The van der Waals surface area contributed by atoms with E-state index < -0.39 is 39.9 Å². The van der Waals surface area contributed by atoms with Crippen molar-refractivity contribution in [2.24, 2.45) is 23.7 Å². The van der Waals surface area contributed by atoms with E-state index in [0.717, 1.165) is 42.6 Å². The van der Waals surface area contributed by atoms with Gasteiger partial charge in [-0.1, -0.05) is 25.2 Å². The number of carbonyl (C=O) groups is 1. The first-order valence-electron chi connectivity index (χ1n) is 16.9. The minimum Gasteiger partial charge on any atom is -0.446 e. The molecule has 0 radical (unpaired) electrons. The number of sulfonamides is 1. The number of nitrogens with one attached hydrogen (secondary N) is 2. The second-order valence-corrected chi connectivity index (χ2v) is 17.1. The lowest BCUT2D eigenvalue weighted by molar-refractivity contribution is -0.173. The predicted octanol–water partition coefficient (Wildman–Crippen LogP) is 4.89. The van der Waals surface area contributed by atoms with Crippen LogP contribution < -0.4 is 10.6 Å². The Kier molecular flexibility index (Phi) is 9.85. The average molecular weight is 721 g/mol. The van der Waals surface area contributed by atoms with E-state index in [1.165, 1.54) is 21.7 Å². The lowest BCUT2D eigenvalue weighted by Crippen LogP contribution is -2.51. The van der Waals surface area contributed by atoms with Crippen LogP contribution in [0.5, 0.6) is 0 Å². The van der Waals surface area contributed by atoms with Gasteiger partial charge in [-0.15, -0.1) is 0 Å². The number of hydrogen-bond acceptors (Lipinski definition) is 10. The quantitative estimate of drug-likeness (QED) is 0.225. The Hall–Kier alpha value is -2.95. The summed E-state index contributed by atoms with van der Waals surface area (Å²) in [6.45, 7) is 4.46. The van der Waals surface area contributed by atoms with Crippen LogP contribution in [-0.4, -0.2) is 85.8 Å². The average Bonchev–Trinajstić information content (AvgIpc) is 3.44. The molecule has 7 atom stereocenters. The van der Waals surface area contributed by atoms with Crippen molar-refractivity contribution in [3.8, 4) is 0 Å². The Morgan fingerprint density at radius 2 is 1.90 bits per heavy atom. The van der Waals surface area contributed by atoms with Gasteiger partial charge in [0.05, 0.1) is 40.5 Å². The molecule has 3 N–H and O–H groups in total. The molecule has 3 aromatic rings. The second-order valence-electron chi connectivity index (χ2n) is 14.1. The van der Waals surface area contributed by atoms with Crippen LogP contribution in [0.1, 0.15) is 45.1 Å². The molecule has 4 fully saturated rings. The molecule has 3 heterocycles. The molecule has 15 heteroatoms. The molecule has 2 saturated carbocycles. The molecule has 2 aliphatic heterocycles. The van der Waals surface area contributed by atoms with Crippen molar-refractivity contribution in [3.05, 3.63) is 53.6 Å². The molecule has 2 aliphatic carbocycles. The normalized spacial score (nSPS) is 26.2. The van der Waals surface area contributed by atoms with Crippen LogP contribution in [-0.2, 0) is 30.7 Å². The van der Waals surface area contributed by atoms with Crippen molar-refractivity contribution in [2.45, 2.75) is 81.4 Å². The van der Waals surface area contributed by atoms with E-state index in [2.05, 4.69) is 15.6 Å². The highest BCUT2D eigenvalue weighted by molar-refractivity contribution is 7.89. The number of nitrogens with zero attached hydrogens (tertiary/aromatic N) is 2. The van der Waals surface area contributed by atoms with Crippen molar-refractivity contribution in [1.29, 1.82) is 0 Å². The maximum atomic E-state index is 14.2. The van der Waals surface area contributed by atoms with Gasteiger partial charge in [-0.3, -0.25) is 0 Å². The summed E-state index contributed by atoms with van der Waals surface area (Å²) < 4.78 is 75.9. The third kappa shape index (κ3) is 7.71. The first-order chi connectivity index (χ1) is 23.4. The third-order valence-corrected chi connectivity index (χ3v) is 12.6. The summed E-state index contributed by atoms with van der Waals surface area (Å²) in [4.78, 5) is 18.0. The van der Waals surface area contributed by atoms with Crippen LogP contribution in [0, 0.1) is 35.3 Å². The zero-order chi connectivity index (χ0) is 34.4. The monoisotopic (exact) mass is 720 g/mol. The fourth-order valence-corrected chi connectivity index (χ4v) is 10.1. The number of alkyl carbamates (subject to hydrolysis) is 1. The summed E-state index contributed by atoms with van der Waals surface area (Å²) >= 11 is 1.38. The van der Waals surface area contributed by atoms with Crippen LogP contribution >= 0.6 is 11.3 Å². The van der Waals surface area contributed by atoms with Crippen LogP contribution in [0.2, 0.25) is 0 Å². The summed E-state index contributed by atoms with van der Waals surface area (Å²) in [6, 6.07) is 7.01. The number of ether oxygens (including phenoxy) is 3. The number of anilines is 1. The molecule has 266 valence electrons. The molecule has 0 bridgehead atoms. The van der Waals surface area contributed by atoms with Gasteiger partial charge in [-0.25, -0.2) is 27.0 Å². The summed E-state index contributed by atoms with van der Waals surface area (Å²) in [5, 5.41) is 18.4. The topological polar surface area (TPSA) is 139 Å². The lowest BCUT2D eigenvalue weighted by atomic mass is 9.87. The van der Waals surface area contributed by atoms with Crippen LogP contribution in [0.4, 0.5) is 18.7 Å². The molecule has 1 aromatic heterocycles.